The quantitative estimate of drug-likeness (QED) is 0.854. The summed E-state index contributed by atoms with van der Waals surface area (Å²) in [6, 6.07) is 4.57. The van der Waals surface area contributed by atoms with Gasteiger partial charge in [0.25, 0.3) is 0 Å². The summed E-state index contributed by atoms with van der Waals surface area (Å²) in [5.74, 6) is 1.58. The minimum Gasteiger partial charge on any atom is -0.372 e. The second-order valence-electron chi connectivity index (χ2n) is 3.87. The molecular weight excluding hydrogens is 232 g/mol. The van der Waals surface area contributed by atoms with Crippen LogP contribution in [0.3, 0.4) is 0 Å². The van der Waals surface area contributed by atoms with Crippen molar-refractivity contribution in [3.05, 3.63) is 34.8 Å². The molecule has 4 nitrogen and oxygen atoms in total. The molecule has 5 heteroatoms. The summed E-state index contributed by atoms with van der Waals surface area (Å²) in [5.41, 5.74) is 0. The molecule has 0 bridgehead atoms. The van der Waals surface area contributed by atoms with Crippen LogP contribution in [0, 0.1) is 0 Å². The lowest BCUT2D eigenvalue weighted by molar-refractivity contribution is 0.793. The highest BCUT2D eigenvalue weighted by Gasteiger charge is 2.05. The third-order valence-electron chi connectivity index (χ3n) is 2.37. The van der Waals surface area contributed by atoms with Crippen LogP contribution in [0.25, 0.3) is 0 Å². The first-order chi connectivity index (χ1) is 8.28. The molecule has 0 radical (unpaired) electrons. The maximum Gasteiger partial charge on any atom is 0.147 e. The molecule has 0 saturated carbocycles. The third-order valence-corrected chi connectivity index (χ3v) is 3.27. The van der Waals surface area contributed by atoms with Crippen LogP contribution in [-0.4, -0.2) is 23.1 Å². The molecular formula is C12H16N4S. The molecule has 2 N–H and O–H groups in total. The average Bonchev–Trinajstić information content (AvgIpc) is 2.82. The van der Waals surface area contributed by atoms with Gasteiger partial charge in [0.1, 0.15) is 11.6 Å². The standard InChI is InChI=1S/C12H16N4S/c1-9(6-10-4-3-5-17-10)15-12-8-14-7-11(13-2)16-12/h3-5,7-9H,6H2,1-2H3,(H2,13,15,16). The first-order valence-electron chi connectivity index (χ1n) is 5.56. The number of nitrogens with one attached hydrogen (secondary N) is 2. The number of hydrogen-bond acceptors (Lipinski definition) is 5. The molecule has 90 valence electrons. The van der Waals surface area contributed by atoms with Crippen LogP contribution < -0.4 is 10.6 Å². The average molecular weight is 248 g/mol. The summed E-state index contributed by atoms with van der Waals surface area (Å²) in [6.45, 7) is 2.15. The SMILES string of the molecule is CNc1cncc(NC(C)Cc2cccs2)n1. The Morgan fingerprint density at radius 1 is 1.35 bits per heavy atom. The van der Waals surface area contributed by atoms with E-state index in [0.29, 0.717) is 6.04 Å². The van der Waals surface area contributed by atoms with Crippen molar-refractivity contribution in [2.75, 3.05) is 17.7 Å². The van der Waals surface area contributed by atoms with Crippen LogP contribution in [0.5, 0.6) is 0 Å². The predicted octanol–water partition coefficient (Wildman–Crippen LogP) is 2.62. The van der Waals surface area contributed by atoms with Crippen molar-refractivity contribution in [2.45, 2.75) is 19.4 Å². The first-order valence-corrected chi connectivity index (χ1v) is 6.44. The van der Waals surface area contributed by atoms with Gasteiger partial charge in [-0.25, -0.2) is 4.98 Å². The lowest BCUT2D eigenvalue weighted by atomic mass is 10.2. The molecule has 0 saturated heterocycles. The molecule has 0 aliphatic heterocycles. The summed E-state index contributed by atoms with van der Waals surface area (Å²) in [5, 5.41) is 8.42. The maximum absolute atomic E-state index is 4.38. The van der Waals surface area contributed by atoms with Gasteiger partial charge in [0.05, 0.1) is 12.4 Å². The molecule has 0 spiro atoms. The van der Waals surface area contributed by atoms with Gasteiger partial charge in [0.2, 0.25) is 0 Å². The van der Waals surface area contributed by atoms with Gasteiger partial charge >= 0.3 is 0 Å². The molecule has 2 rings (SSSR count). The lowest BCUT2D eigenvalue weighted by Crippen LogP contribution is -2.18. The summed E-state index contributed by atoms with van der Waals surface area (Å²) in [7, 11) is 1.84. The van der Waals surface area contributed by atoms with E-state index in [1.807, 2.05) is 7.05 Å². The van der Waals surface area contributed by atoms with Gasteiger partial charge in [-0.2, -0.15) is 0 Å². The topological polar surface area (TPSA) is 49.8 Å². The van der Waals surface area contributed by atoms with Crippen molar-refractivity contribution < 1.29 is 0 Å². The minimum absolute atomic E-state index is 0.343. The zero-order valence-corrected chi connectivity index (χ0v) is 10.8. The Morgan fingerprint density at radius 2 is 2.18 bits per heavy atom. The summed E-state index contributed by atoms with van der Waals surface area (Å²) < 4.78 is 0. The maximum atomic E-state index is 4.38. The van der Waals surface area contributed by atoms with E-state index in [1.54, 1.807) is 23.7 Å². The van der Waals surface area contributed by atoms with Crippen LogP contribution in [0.2, 0.25) is 0 Å². The third kappa shape index (κ3) is 3.42. The second-order valence-corrected chi connectivity index (χ2v) is 4.90. The molecule has 2 heterocycles. The Labute approximate surface area is 105 Å². The number of rotatable bonds is 5. The molecule has 1 atom stereocenters. The van der Waals surface area contributed by atoms with Crippen molar-refractivity contribution >= 4 is 23.0 Å². The summed E-state index contributed by atoms with van der Waals surface area (Å²) in [4.78, 5) is 9.88. The van der Waals surface area contributed by atoms with Gasteiger partial charge in [-0.15, -0.1) is 11.3 Å². The van der Waals surface area contributed by atoms with Crippen LogP contribution >= 0.6 is 11.3 Å². The van der Waals surface area contributed by atoms with Crippen molar-refractivity contribution in [2.24, 2.45) is 0 Å². The van der Waals surface area contributed by atoms with E-state index in [9.17, 15) is 0 Å². The highest BCUT2D eigenvalue weighted by molar-refractivity contribution is 7.09. The number of aromatic nitrogens is 2. The Kier molecular flexibility index (Phi) is 3.93. The lowest BCUT2D eigenvalue weighted by Gasteiger charge is -2.13. The highest BCUT2D eigenvalue weighted by atomic mass is 32.1. The molecule has 0 aromatic carbocycles. The monoisotopic (exact) mass is 248 g/mol. The van der Waals surface area contributed by atoms with E-state index in [0.717, 1.165) is 18.1 Å². The Balaban J connectivity index is 1.95. The van der Waals surface area contributed by atoms with Crippen molar-refractivity contribution in [3.63, 3.8) is 0 Å². The molecule has 0 amide bonds. The fourth-order valence-electron chi connectivity index (χ4n) is 1.59. The van der Waals surface area contributed by atoms with Gasteiger partial charge in [-0.3, -0.25) is 4.98 Å². The number of anilines is 2. The van der Waals surface area contributed by atoms with Gasteiger partial charge < -0.3 is 10.6 Å². The van der Waals surface area contributed by atoms with Crippen LogP contribution in [0.4, 0.5) is 11.6 Å². The van der Waals surface area contributed by atoms with E-state index in [4.69, 9.17) is 0 Å². The first kappa shape index (κ1) is 11.9. The number of thiophene rings is 1. The summed E-state index contributed by atoms with van der Waals surface area (Å²) >= 11 is 1.78. The van der Waals surface area contributed by atoms with Crippen LogP contribution in [-0.2, 0) is 6.42 Å². The molecule has 0 fully saturated rings. The van der Waals surface area contributed by atoms with E-state index < -0.39 is 0 Å². The van der Waals surface area contributed by atoms with E-state index in [-0.39, 0.29) is 0 Å². The van der Waals surface area contributed by atoms with Gasteiger partial charge in [0, 0.05) is 24.4 Å². The molecule has 0 aliphatic rings. The van der Waals surface area contributed by atoms with Crippen molar-refractivity contribution in [1.29, 1.82) is 0 Å². The predicted molar refractivity (Wildman–Crippen MR) is 72.7 cm³/mol. The zero-order chi connectivity index (χ0) is 12.1. The van der Waals surface area contributed by atoms with E-state index >= 15 is 0 Å². The highest BCUT2D eigenvalue weighted by Crippen LogP contribution is 2.14. The van der Waals surface area contributed by atoms with Gasteiger partial charge in [-0.05, 0) is 18.4 Å². The van der Waals surface area contributed by atoms with Crippen molar-refractivity contribution in [3.8, 4) is 0 Å². The fraction of sp³-hybridized carbons (Fsp3) is 0.333. The largest absolute Gasteiger partial charge is 0.372 e. The summed E-state index contributed by atoms with van der Waals surface area (Å²) in [6.07, 6.45) is 4.45. The number of nitrogens with zero attached hydrogens (tertiary/aromatic N) is 2. The van der Waals surface area contributed by atoms with Crippen molar-refractivity contribution in [1.82, 2.24) is 9.97 Å². The van der Waals surface area contributed by atoms with Crippen LogP contribution in [0.15, 0.2) is 29.9 Å². The van der Waals surface area contributed by atoms with Crippen LogP contribution in [0.1, 0.15) is 11.8 Å². The Morgan fingerprint density at radius 3 is 2.88 bits per heavy atom. The smallest absolute Gasteiger partial charge is 0.147 e. The molecule has 17 heavy (non-hydrogen) atoms. The zero-order valence-electron chi connectivity index (χ0n) is 9.97. The van der Waals surface area contributed by atoms with Gasteiger partial charge in [-0.1, -0.05) is 6.07 Å². The molecule has 0 aliphatic carbocycles. The van der Waals surface area contributed by atoms with Gasteiger partial charge in [0.15, 0.2) is 0 Å². The minimum atomic E-state index is 0.343. The van der Waals surface area contributed by atoms with E-state index in [2.05, 4.69) is 45.0 Å². The molecule has 2 aromatic rings. The fourth-order valence-corrected chi connectivity index (χ4v) is 2.43. The Hall–Kier alpha value is -1.62. The van der Waals surface area contributed by atoms with E-state index in [1.165, 1.54) is 4.88 Å². The molecule has 1 unspecified atom stereocenters. The Bertz CT molecular complexity index is 455. The second kappa shape index (κ2) is 5.63. The normalized spacial score (nSPS) is 12.1. The molecule has 2 aromatic heterocycles. The number of hydrogen-bond donors (Lipinski definition) is 2.